The van der Waals surface area contributed by atoms with Crippen LogP contribution in [0.4, 0.5) is 5.69 Å². The third-order valence-corrected chi connectivity index (χ3v) is 9.57. The molecule has 0 radical (unpaired) electrons. The number of nitrogens with zero attached hydrogens (tertiary/aromatic N) is 2. The molecule has 0 unspecified atom stereocenters. The van der Waals surface area contributed by atoms with Crippen LogP contribution in [0, 0.1) is 5.92 Å². The molecule has 8 rings (SSSR count). The molecule has 174 valence electrons. The molecule has 2 fully saturated rings. The summed E-state index contributed by atoms with van der Waals surface area (Å²) in [5.74, 6) is 1.37. The average molecular weight is 476 g/mol. The molecule has 1 aromatic heterocycles. The number of hydrogen-bond acceptors (Lipinski definition) is 6. The summed E-state index contributed by atoms with van der Waals surface area (Å²) in [6.07, 6.45) is 3.99. The number of benzene rings is 2. The molecule has 4 N–H and O–H groups in total. The van der Waals surface area contributed by atoms with E-state index in [1.54, 1.807) is 6.07 Å². The predicted molar refractivity (Wildman–Crippen MR) is 129 cm³/mol. The number of pyridine rings is 1. The fraction of sp³-hybridized carbons (Fsp3) is 0.444. The van der Waals surface area contributed by atoms with Gasteiger partial charge in [-0.1, -0.05) is 17.7 Å². The van der Waals surface area contributed by atoms with Crippen molar-refractivity contribution in [2.45, 2.75) is 55.3 Å². The van der Waals surface area contributed by atoms with Crippen LogP contribution in [0.1, 0.15) is 47.8 Å². The maximum atomic E-state index is 12.8. The van der Waals surface area contributed by atoms with Gasteiger partial charge in [-0.05, 0) is 68.0 Å². The van der Waals surface area contributed by atoms with Gasteiger partial charge in [-0.2, -0.15) is 0 Å². The van der Waals surface area contributed by atoms with Crippen molar-refractivity contribution in [3.05, 3.63) is 57.7 Å². The van der Waals surface area contributed by atoms with Gasteiger partial charge in [0.25, 0.3) is 0 Å². The standard InChI is InChI=1S/C27H26ClN3O3/c28-15-4-5-16-18(10-15)30-23-17(22(16)29)11-27(33)20-9-14-3-6-19(32)24-21(14)26(27,25(23)34-24)7-8-31(20)12-13-1-2-13/h3-6,10,13,20,25,32-33H,1-2,7-9,11-12H2,(H2,29,30)/t20-,25-,26-,27+/m0/s1. The number of nitrogen functional groups attached to an aromatic ring is 1. The Morgan fingerprint density at radius 2 is 2.09 bits per heavy atom. The third kappa shape index (κ3) is 2.19. The van der Waals surface area contributed by atoms with Gasteiger partial charge in [0.05, 0.1) is 22.2 Å². The first kappa shape index (κ1) is 19.7. The van der Waals surface area contributed by atoms with E-state index in [9.17, 15) is 10.2 Å². The smallest absolute Gasteiger partial charge is 0.166 e. The Hall–Kier alpha value is -2.54. The summed E-state index contributed by atoms with van der Waals surface area (Å²) in [5, 5.41) is 25.0. The number of rotatable bonds is 2. The fourth-order valence-corrected chi connectivity index (χ4v) is 7.81. The number of hydrogen-bond donors (Lipinski definition) is 3. The second kappa shape index (κ2) is 6.17. The maximum absolute atomic E-state index is 12.8. The number of phenols is 1. The van der Waals surface area contributed by atoms with Crippen molar-refractivity contribution in [3.63, 3.8) is 0 Å². The molecule has 1 saturated carbocycles. The first-order chi connectivity index (χ1) is 16.4. The minimum atomic E-state index is -1.06. The summed E-state index contributed by atoms with van der Waals surface area (Å²) in [6, 6.07) is 9.29. The Labute approximate surface area is 202 Å². The van der Waals surface area contributed by atoms with Gasteiger partial charge >= 0.3 is 0 Å². The summed E-state index contributed by atoms with van der Waals surface area (Å²) >= 11 is 6.29. The van der Waals surface area contributed by atoms with Gasteiger partial charge < -0.3 is 20.7 Å². The van der Waals surface area contributed by atoms with Gasteiger partial charge in [0.15, 0.2) is 17.6 Å². The van der Waals surface area contributed by atoms with E-state index in [2.05, 4.69) is 4.90 Å². The molecule has 34 heavy (non-hydrogen) atoms. The quantitative estimate of drug-likeness (QED) is 0.521. The van der Waals surface area contributed by atoms with E-state index in [1.807, 2.05) is 24.3 Å². The molecule has 4 atom stereocenters. The molecule has 6 nitrogen and oxygen atoms in total. The van der Waals surface area contributed by atoms with Crippen LogP contribution in [0.2, 0.25) is 5.02 Å². The minimum Gasteiger partial charge on any atom is -0.504 e. The topological polar surface area (TPSA) is 91.8 Å². The Morgan fingerprint density at radius 1 is 1.24 bits per heavy atom. The van der Waals surface area contributed by atoms with E-state index in [0.717, 1.165) is 59.6 Å². The molecule has 3 aliphatic carbocycles. The summed E-state index contributed by atoms with van der Waals surface area (Å²) in [6.45, 7) is 1.94. The lowest BCUT2D eigenvalue weighted by molar-refractivity contribution is -0.173. The van der Waals surface area contributed by atoms with E-state index in [0.29, 0.717) is 22.9 Å². The predicted octanol–water partition coefficient (Wildman–Crippen LogP) is 3.88. The van der Waals surface area contributed by atoms with E-state index in [1.165, 1.54) is 18.4 Å². The van der Waals surface area contributed by atoms with Crippen LogP contribution >= 0.6 is 11.6 Å². The van der Waals surface area contributed by atoms with Gasteiger partial charge in [-0.25, -0.2) is 4.98 Å². The monoisotopic (exact) mass is 475 g/mol. The Kier molecular flexibility index (Phi) is 3.58. The maximum Gasteiger partial charge on any atom is 0.166 e. The van der Waals surface area contributed by atoms with Crippen molar-refractivity contribution >= 4 is 28.2 Å². The number of aromatic nitrogens is 1. The minimum absolute atomic E-state index is 0.0237. The van der Waals surface area contributed by atoms with Gasteiger partial charge in [0, 0.05) is 46.2 Å². The number of fused-ring (bicyclic) bond motifs is 3. The van der Waals surface area contributed by atoms with E-state index >= 15 is 0 Å². The van der Waals surface area contributed by atoms with Crippen LogP contribution < -0.4 is 10.5 Å². The highest BCUT2D eigenvalue weighted by atomic mass is 35.5. The molecule has 7 heteroatoms. The van der Waals surface area contributed by atoms with E-state index in [-0.39, 0.29) is 11.8 Å². The zero-order chi connectivity index (χ0) is 23.0. The summed E-state index contributed by atoms with van der Waals surface area (Å²) in [4.78, 5) is 7.55. The molecule has 2 aliphatic heterocycles. The van der Waals surface area contributed by atoms with Gasteiger partial charge in [-0.15, -0.1) is 0 Å². The first-order valence-corrected chi connectivity index (χ1v) is 12.6. The lowest BCUT2D eigenvalue weighted by Gasteiger charge is -2.63. The number of likely N-dealkylation sites (tertiary alicyclic amines) is 1. The van der Waals surface area contributed by atoms with Crippen LogP contribution in [0.3, 0.4) is 0 Å². The molecule has 0 amide bonds. The van der Waals surface area contributed by atoms with Crippen molar-refractivity contribution in [3.8, 4) is 11.5 Å². The number of piperidine rings is 1. The fourth-order valence-electron chi connectivity index (χ4n) is 7.65. The highest BCUT2D eigenvalue weighted by Crippen LogP contribution is 2.69. The molecular weight excluding hydrogens is 450 g/mol. The molecule has 3 heterocycles. The number of nitrogens with two attached hydrogens (primary N) is 1. The van der Waals surface area contributed by atoms with Crippen molar-refractivity contribution in [2.24, 2.45) is 5.92 Å². The van der Waals surface area contributed by atoms with Crippen molar-refractivity contribution in [2.75, 3.05) is 18.8 Å². The third-order valence-electron chi connectivity index (χ3n) is 9.33. The lowest BCUT2D eigenvalue weighted by atomic mass is 9.48. The molecule has 5 aliphatic rings. The highest BCUT2D eigenvalue weighted by molar-refractivity contribution is 6.31. The first-order valence-electron chi connectivity index (χ1n) is 12.3. The lowest BCUT2D eigenvalue weighted by Crippen LogP contribution is -2.74. The number of anilines is 1. The largest absolute Gasteiger partial charge is 0.504 e. The summed E-state index contributed by atoms with van der Waals surface area (Å²) in [5.41, 5.74) is 10.2. The highest BCUT2D eigenvalue weighted by Gasteiger charge is 2.73. The number of ether oxygens (including phenoxy) is 1. The Balaban J connectivity index is 1.42. The summed E-state index contributed by atoms with van der Waals surface area (Å²) in [7, 11) is 0. The molecule has 3 aromatic rings. The zero-order valence-corrected chi connectivity index (χ0v) is 19.5. The van der Waals surface area contributed by atoms with Crippen molar-refractivity contribution in [1.82, 2.24) is 9.88 Å². The van der Waals surface area contributed by atoms with Crippen molar-refractivity contribution in [1.29, 1.82) is 0 Å². The summed E-state index contributed by atoms with van der Waals surface area (Å²) < 4.78 is 6.58. The van der Waals surface area contributed by atoms with Crippen LogP contribution in [-0.2, 0) is 18.3 Å². The van der Waals surface area contributed by atoms with Gasteiger partial charge in [0.1, 0.15) is 0 Å². The zero-order valence-electron chi connectivity index (χ0n) is 18.7. The SMILES string of the molecule is Nc1c2c(nc3cc(Cl)ccc13)[C@@H]1Oc3c(O)ccc4c3[C@@]13CCN(CC1CC1)[C@@H](C4)[C@]3(O)C2. The van der Waals surface area contributed by atoms with Gasteiger partial charge in [0.2, 0.25) is 0 Å². The number of halogens is 1. The normalized spacial score (nSPS) is 32.9. The average Bonchev–Trinajstić information content (AvgIpc) is 3.55. The van der Waals surface area contributed by atoms with Crippen LogP contribution in [0.25, 0.3) is 10.9 Å². The molecule has 1 spiro atoms. The van der Waals surface area contributed by atoms with E-state index < -0.39 is 17.1 Å². The Morgan fingerprint density at radius 3 is 2.91 bits per heavy atom. The second-order valence-electron chi connectivity index (χ2n) is 11.0. The van der Waals surface area contributed by atoms with Gasteiger partial charge in [-0.3, -0.25) is 4.90 Å². The molecule has 2 bridgehead atoms. The number of aliphatic hydroxyl groups is 1. The Bertz CT molecular complexity index is 1420. The second-order valence-corrected chi connectivity index (χ2v) is 11.4. The molecule has 1 saturated heterocycles. The van der Waals surface area contributed by atoms with Crippen LogP contribution in [0.15, 0.2) is 30.3 Å². The van der Waals surface area contributed by atoms with E-state index in [4.69, 9.17) is 27.1 Å². The van der Waals surface area contributed by atoms with Crippen LogP contribution in [0.5, 0.6) is 11.5 Å². The molecule has 2 aromatic carbocycles. The van der Waals surface area contributed by atoms with Crippen LogP contribution in [-0.4, -0.2) is 44.8 Å². The number of aromatic hydroxyl groups is 1. The number of phenolic OH excluding ortho intramolecular Hbond substituents is 1. The van der Waals surface area contributed by atoms with Crippen molar-refractivity contribution < 1.29 is 14.9 Å². The molecular formula is C27H26ClN3O3.